The number of rotatable bonds is 9. The van der Waals surface area contributed by atoms with Crippen LogP contribution in [-0.2, 0) is 14.4 Å². The molecular formula is C29H25BrIN3O6S. The van der Waals surface area contributed by atoms with Crippen LogP contribution in [0.15, 0.2) is 64.0 Å². The van der Waals surface area contributed by atoms with E-state index in [4.69, 9.17) is 9.47 Å². The number of anilines is 2. The number of halogens is 2. The second-order valence-electron chi connectivity index (χ2n) is 8.99. The van der Waals surface area contributed by atoms with Crippen molar-refractivity contribution in [3.63, 3.8) is 0 Å². The Bertz CT molecular complexity index is 1560. The lowest BCUT2D eigenvalue weighted by Gasteiger charge is -2.13. The standard InChI is InChI=1S/C29H25BrIN3O6S/c1-16-10-21(30)22(11-17(16)2)33-27(36)15-40-23-9-4-18(12-24(23)39-3)13-25-28(37)34(29(38)41-25)14-26(35)32-20-7-5-19(31)6-8-20/h4-13H,14-15H2,1-3H3,(H,32,35)(H,33,36)/b25-13+. The number of carbonyl (C=O) groups is 4. The van der Waals surface area contributed by atoms with Crippen molar-refractivity contribution < 1.29 is 28.7 Å². The maximum atomic E-state index is 12.9. The Morgan fingerprint density at radius 3 is 2.39 bits per heavy atom. The smallest absolute Gasteiger partial charge is 0.294 e. The second-order valence-corrected chi connectivity index (χ2v) is 12.1. The molecule has 0 unspecified atom stereocenters. The summed E-state index contributed by atoms with van der Waals surface area (Å²) in [5, 5.41) is 4.97. The molecule has 0 bridgehead atoms. The summed E-state index contributed by atoms with van der Waals surface area (Å²) in [4.78, 5) is 51.4. The van der Waals surface area contributed by atoms with Gasteiger partial charge in [-0.05, 0) is 135 Å². The molecule has 3 aromatic carbocycles. The van der Waals surface area contributed by atoms with Crippen LogP contribution in [-0.4, -0.2) is 48.1 Å². The van der Waals surface area contributed by atoms with Gasteiger partial charge in [0.1, 0.15) is 6.54 Å². The summed E-state index contributed by atoms with van der Waals surface area (Å²) in [6.07, 6.45) is 1.54. The van der Waals surface area contributed by atoms with E-state index in [0.717, 1.165) is 35.8 Å². The van der Waals surface area contributed by atoms with Crippen molar-refractivity contribution >= 4 is 90.7 Å². The lowest BCUT2D eigenvalue weighted by molar-refractivity contribution is -0.127. The summed E-state index contributed by atoms with van der Waals surface area (Å²) in [6, 6.07) is 15.9. The van der Waals surface area contributed by atoms with Gasteiger partial charge >= 0.3 is 0 Å². The number of thioether (sulfide) groups is 1. The molecule has 9 nitrogen and oxygen atoms in total. The van der Waals surface area contributed by atoms with E-state index >= 15 is 0 Å². The van der Waals surface area contributed by atoms with Gasteiger partial charge in [0.15, 0.2) is 18.1 Å². The largest absolute Gasteiger partial charge is 0.493 e. The molecule has 0 saturated carbocycles. The predicted molar refractivity (Wildman–Crippen MR) is 171 cm³/mol. The summed E-state index contributed by atoms with van der Waals surface area (Å²) < 4.78 is 12.9. The first-order chi connectivity index (χ1) is 19.5. The van der Waals surface area contributed by atoms with Crippen LogP contribution in [0.3, 0.4) is 0 Å². The van der Waals surface area contributed by atoms with Crippen molar-refractivity contribution in [1.82, 2.24) is 4.90 Å². The molecule has 1 aliphatic heterocycles. The van der Waals surface area contributed by atoms with Crippen molar-refractivity contribution in [3.05, 3.63) is 84.2 Å². The van der Waals surface area contributed by atoms with Crippen LogP contribution in [0.4, 0.5) is 16.2 Å². The molecule has 0 aromatic heterocycles. The number of ether oxygens (including phenoxy) is 2. The molecule has 0 radical (unpaired) electrons. The number of amides is 4. The number of methoxy groups -OCH3 is 1. The number of nitrogens with zero attached hydrogens (tertiary/aromatic N) is 1. The highest BCUT2D eigenvalue weighted by atomic mass is 127. The number of hydrogen-bond donors (Lipinski definition) is 2. The Balaban J connectivity index is 1.38. The zero-order valence-electron chi connectivity index (χ0n) is 22.2. The highest BCUT2D eigenvalue weighted by Gasteiger charge is 2.36. The molecule has 1 fully saturated rings. The van der Waals surface area contributed by atoms with E-state index in [-0.39, 0.29) is 17.4 Å². The van der Waals surface area contributed by atoms with Crippen molar-refractivity contribution in [1.29, 1.82) is 0 Å². The zero-order valence-corrected chi connectivity index (χ0v) is 26.8. The average molecular weight is 750 g/mol. The van der Waals surface area contributed by atoms with Gasteiger partial charge in [-0.1, -0.05) is 6.07 Å². The molecule has 4 amide bonds. The number of aryl methyl sites for hydroxylation is 2. The van der Waals surface area contributed by atoms with Gasteiger partial charge in [0, 0.05) is 13.7 Å². The Hall–Kier alpha value is -3.36. The molecule has 41 heavy (non-hydrogen) atoms. The number of hydrogen-bond acceptors (Lipinski definition) is 7. The fraction of sp³-hybridized carbons (Fsp3) is 0.172. The third-order valence-corrected chi connectivity index (χ3v) is 8.29. The minimum absolute atomic E-state index is 0.172. The predicted octanol–water partition coefficient (Wildman–Crippen LogP) is 6.37. The first-order valence-corrected chi connectivity index (χ1v) is 14.9. The highest BCUT2D eigenvalue weighted by Crippen LogP contribution is 2.34. The average Bonchev–Trinajstić information content (AvgIpc) is 3.19. The van der Waals surface area contributed by atoms with Gasteiger partial charge in [0.2, 0.25) is 5.91 Å². The van der Waals surface area contributed by atoms with Gasteiger partial charge in [-0.15, -0.1) is 0 Å². The number of benzene rings is 3. The van der Waals surface area contributed by atoms with Crippen molar-refractivity contribution in [2.45, 2.75) is 13.8 Å². The maximum absolute atomic E-state index is 12.9. The van der Waals surface area contributed by atoms with Crippen LogP contribution in [0.1, 0.15) is 16.7 Å². The minimum Gasteiger partial charge on any atom is -0.493 e. The summed E-state index contributed by atoms with van der Waals surface area (Å²) in [5.74, 6) is -0.716. The third kappa shape index (κ3) is 7.89. The van der Waals surface area contributed by atoms with E-state index in [0.29, 0.717) is 28.4 Å². The molecule has 1 saturated heterocycles. The quantitative estimate of drug-likeness (QED) is 0.193. The SMILES string of the molecule is COc1cc(/C=C2/SC(=O)N(CC(=O)Nc3ccc(I)cc3)C2=O)ccc1OCC(=O)Nc1cc(C)c(C)cc1Br. The van der Waals surface area contributed by atoms with Crippen LogP contribution in [0.5, 0.6) is 11.5 Å². The topological polar surface area (TPSA) is 114 Å². The molecule has 4 rings (SSSR count). The van der Waals surface area contributed by atoms with Crippen LogP contribution >= 0.6 is 50.3 Å². The van der Waals surface area contributed by atoms with Crippen LogP contribution in [0.2, 0.25) is 0 Å². The van der Waals surface area contributed by atoms with Crippen LogP contribution < -0.4 is 20.1 Å². The fourth-order valence-corrected chi connectivity index (χ4v) is 5.52. The minimum atomic E-state index is -0.564. The van der Waals surface area contributed by atoms with Crippen molar-refractivity contribution in [2.75, 3.05) is 30.9 Å². The molecule has 1 heterocycles. The van der Waals surface area contributed by atoms with Crippen LogP contribution in [0, 0.1) is 17.4 Å². The number of imide groups is 1. The van der Waals surface area contributed by atoms with Crippen molar-refractivity contribution in [2.24, 2.45) is 0 Å². The Morgan fingerprint density at radius 2 is 1.68 bits per heavy atom. The normalized spacial score (nSPS) is 13.9. The van der Waals surface area contributed by atoms with E-state index in [1.807, 2.05) is 38.1 Å². The first-order valence-electron chi connectivity index (χ1n) is 12.2. The van der Waals surface area contributed by atoms with Gasteiger partial charge < -0.3 is 20.1 Å². The second kappa shape index (κ2) is 13.5. The van der Waals surface area contributed by atoms with Gasteiger partial charge in [-0.3, -0.25) is 24.1 Å². The lowest BCUT2D eigenvalue weighted by Crippen LogP contribution is -2.36. The molecule has 1 aliphatic rings. The Morgan fingerprint density at radius 1 is 0.976 bits per heavy atom. The molecule has 0 spiro atoms. The summed E-state index contributed by atoms with van der Waals surface area (Å²) in [5.41, 5.74) is 3.94. The molecule has 2 N–H and O–H groups in total. The monoisotopic (exact) mass is 749 g/mol. The lowest BCUT2D eigenvalue weighted by atomic mass is 10.1. The first kappa shape index (κ1) is 30.6. The summed E-state index contributed by atoms with van der Waals surface area (Å²) in [6.45, 7) is 3.30. The van der Waals surface area contributed by atoms with E-state index in [1.165, 1.54) is 13.2 Å². The maximum Gasteiger partial charge on any atom is 0.294 e. The third-order valence-electron chi connectivity index (χ3n) is 6.00. The van der Waals surface area contributed by atoms with Crippen molar-refractivity contribution in [3.8, 4) is 11.5 Å². The van der Waals surface area contributed by atoms with E-state index in [1.54, 1.807) is 30.3 Å². The molecule has 0 atom stereocenters. The number of carbonyl (C=O) groups excluding carboxylic acids is 4. The molecule has 3 aromatic rings. The Kier molecular flexibility index (Phi) is 10.1. The van der Waals surface area contributed by atoms with E-state index < -0.39 is 23.6 Å². The van der Waals surface area contributed by atoms with E-state index in [2.05, 4.69) is 49.2 Å². The zero-order chi connectivity index (χ0) is 29.7. The van der Waals surface area contributed by atoms with Gasteiger partial charge in [0.25, 0.3) is 17.1 Å². The molecule has 0 aliphatic carbocycles. The van der Waals surface area contributed by atoms with Gasteiger partial charge in [-0.25, -0.2) is 0 Å². The molecule has 212 valence electrons. The molecule has 12 heteroatoms. The fourth-order valence-electron chi connectivity index (χ4n) is 3.76. The summed E-state index contributed by atoms with van der Waals surface area (Å²) >= 11 is 6.37. The number of nitrogens with one attached hydrogen (secondary N) is 2. The van der Waals surface area contributed by atoms with Gasteiger partial charge in [0.05, 0.1) is 17.7 Å². The van der Waals surface area contributed by atoms with Gasteiger partial charge in [-0.2, -0.15) is 0 Å². The Labute approximate surface area is 263 Å². The van der Waals surface area contributed by atoms with Crippen LogP contribution in [0.25, 0.3) is 6.08 Å². The highest BCUT2D eigenvalue weighted by molar-refractivity contribution is 14.1. The van der Waals surface area contributed by atoms with E-state index in [9.17, 15) is 19.2 Å². The summed E-state index contributed by atoms with van der Waals surface area (Å²) in [7, 11) is 1.46. The molecular weight excluding hydrogens is 725 g/mol.